The SMILES string of the molecule is Cc1ccc(-n2nc(C(=O)O)nc2C(C)(C)C)cc1Br. The molecule has 0 saturated heterocycles. The number of carbonyl (C=O) groups is 1. The molecule has 0 aliphatic heterocycles. The van der Waals surface area contributed by atoms with E-state index in [2.05, 4.69) is 26.0 Å². The van der Waals surface area contributed by atoms with Crippen LogP contribution < -0.4 is 0 Å². The van der Waals surface area contributed by atoms with Crippen molar-refractivity contribution in [2.45, 2.75) is 33.1 Å². The van der Waals surface area contributed by atoms with Gasteiger partial charge in [-0.05, 0) is 24.6 Å². The number of aromatic carboxylic acids is 1. The molecule has 1 aromatic heterocycles. The number of hydrogen-bond donors (Lipinski definition) is 1. The maximum absolute atomic E-state index is 11.1. The van der Waals surface area contributed by atoms with Crippen molar-refractivity contribution in [1.29, 1.82) is 0 Å². The van der Waals surface area contributed by atoms with Crippen LogP contribution in [0.5, 0.6) is 0 Å². The van der Waals surface area contributed by atoms with E-state index in [0.717, 1.165) is 15.7 Å². The molecule has 0 spiro atoms. The fourth-order valence-corrected chi connectivity index (χ4v) is 2.15. The zero-order chi connectivity index (χ0) is 15.1. The van der Waals surface area contributed by atoms with E-state index in [1.807, 2.05) is 45.9 Å². The van der Waals surface area contributed by atoms with Crippen LogP contribution in [-0.2, 0) is 5.41 Å². The molecule has 0 radical (unpaired) electrons. The lowest BCUT2D eigenvalue weighted by Gasteiger charge is -2.18. The highest BCUT2D eigenvalue weighted by Gasteiger charge is 2.26. The Balaban J connectivity index is 2.65. The topological polar surface area (TPSA) is 68.0 Å². The average Bonchev–Trinajstić information content (AvgIpc) is 2.77. The van der Waals surface area contributed by atoms with Crippen LogP contribution >= 0.6 is 15.9 Å². The average molecular weight is 338 g/mol. The molecule has 20 heavy (non-hydrogen) atoms. The Morgan fingerprint density at radius 1 is 1.35 bits per heavy atom. The molecule has 0 aliphatic rings. The second kappa shape index (κ2) is 5.01. The quantitative estimate of drug-likeness (QED) is 0.912. The minimum atomic E-state index is -1.12. The minimum absolute atomic E-state index is 0.188. The van der Waals surface area contributed by atoms with Crippen molar-refractivity contribution in [3.05, 3.63) is 39.9 Å². The van der Waals surface area contributed by atoms with Gasteiger partial charge in [0.15, 0.2) is 0 Å². The molecule has 0 fully saturated rings. The summed E-state index contributed by atoms with van der Waals surface area (Å²) in [6.07, 6.45) is 0. The van der Waals surface area contributed by atoms with Crippen molar-refractivity contribution in [3.63, 3.8) is 0 Å². The zero-order valence-corrected chi connectivity index (χ0v) is 13.4. The first-order chi connectivity index (χ1) is 9.20. The molecule has 106 valence electrons. The van der Waals surface area contributed by atoms with Crippen molar-refractivity contribution in [3.8, 4) is 5.69 Å². The molecule has 1 aromatic carbocycles. The van der Waals surface area contributed by atoms with E-state index in [-0.39, 0.29) is 11.2 Å². The van der Waals surface area contributed by atoms with Gasteiger partial charge in [0.25, 0.3) is 5.82 Å². The molecule has 2 rings (SSSR count). The Hall–Kier alpha value is -1.69. The highest BCUT2D eigenvalue weighted by molar-refractivity contribution is 9.10. The summed E-state index contributed by atoms with van der Waals surface area (Å²) >= 11 is 3.48. The maximum atomic E-state index is 11.1. The second-order valence-corrected chi connectivity index (χ2v) is 6.51. The van der Waals surface area contributed by atoms with Gasteiger partial charge in [0.1, 0.15) is 5.82 Å². The van der Waals surface area contributed by atoms with Gasteiger partial charge in [-0.2, -0.15) is 0 Å². The van der Waals surface area contributed by atoms with Crippen LogP contribution in [0.2, 0.25) is 0 Å². The largest absolute Gasteiger partial charge is 0.475 e. The first-order valence-corrected chi connectivity index (χ1v) is 6.97. The highest BCUT2D eigenvalue weighted by Crippen LogP contribution is 2.26. The van der Waals surface area contributed by atoms with Crippen LogP contribution in [-0.4, -0.2) is 25.8 Å². The van der Waals surface area contributed by atoms with Crippen molar-refractivity contribution in [2.24, 2.45) is 0 Å². The maximum Gasteiger partial charge on any atom is 0.375 e. The Morgan fingerprint density at radius 2 is 2.00 bits per heavy atom. The van der Waals surface area contributed by atoms with Gasteiger partial charge in [0, 0.05) is 9.89 Å². The predicted octanol–water partition coefficient (Wildman–Crippen LogP) is 3.33. The Kier molecular flexibility index (Phi) is 3.69. The number of aromatic nitrogens is 3. The number of rotatable bonds is 2. The standard InChI is InChI=1S/C14H16BrN3O2/c1-8-5-6-9(7-10(8)15)18-13(14(2,3)4)16-11(17-18)12(19)20/h5-7H,1-4H3,(H,19,20). The molecule has 0 unspecified atom stereocenters. The molecule has 1 heterocycles. The van der Waals surface area contributed by atoms with Crippen LogP contribution in [0.3, 0.4) is 0 Å². The summed E-state index contributed by atoms with van der Waals surface area (Å²) in [6, 6.07) is 5.76. The van der Waals surface area contributed by atoms with Crippen LogP contribution in [0, 0.1) is 6.92 Å². The molecule has 0 bridgehead atoms. The summed E-state index contributed by atoms with van der Waals surface area (Å²) in [7, 11) is 0. The third-order valence-corrected chi connectivity index (χ3v) is 3.72. The Bertz CT molecular complexity index is 672. The van der Waals surface area contributed by atoms with Gasteiger partial charge in [0.2, 0.25) is 0 Å². The van der Waals surface area contributed by atoms with Gasteiger partial charge >= 0.3 is 5.97 Å². The van der Waals surface area contributed by atoms with Crippen LogP contribution in [0.15, 0.2) is 22.7 Å². The lowest BCUT2D eigenvalue weighted by molar-refractivity contribution is 0.0683. The summed E-state index contributed by atoms with van der Waals surface area (Å²) in [5, 5.41) is 13.2. The third kappa shape index (κ3) is 2.75. The molecule has 0 amide bonds. The molecule has 6 heteroatoms. The third-order valence-electron chi connectivity index (χ3n) is 2.87. The number of benzene rings is 1. The van der Waals surface area contributed by atoms with Crippen LogP contribution in [0.1, 0.15) is 42.8 Å². The van der Waals surface area contributed by atoms with E-state index in [1.54, 1.807) is 4.68 Å². The molecule has 5 nitrogen and oxygen atoms in total. The van der Waals surface area contributed by atoms with E-state index in [1.165, 1.54) is 0 Å². The van der Waals surface area contributed by atoms with Gasteiger partial charge in [0.05, 0.1) is 5.69 Å². The normalized spacial score (nSPS) is 11.7. The fourth-order valence-electron chi connectivity index (χ4n) is 1.78. The second-order valence-electron chi connectivity index (χ2n) is 5.66. The van der Waals surface area contributed by atoms with E-state index < -0.39 is 5.97 Å². The van der Waals surface area contributed by atoms with Crippen LogP contribution in [0.25, 0.3) is 5.69 Å². The minimum Gasteiger partial charge on any atom is -0.475 e. The van der Waals surface area contributed by atoms with Crippen molar-refractivity contribution < 1.29 is 9.90 Å². The summed E-state index contributed by atoms with van der Waals surface area (Å²) in [6.45, 7) is 7.91. The summed E-state index contributed by atoms with van der Waals surface area (Å²) in [5.41, 5.74) is 1.58. The van der Waals surface area contributed by atoms with E-state index in [4.69, 9.17) is 5.11 Å². The van der Waals surface area contributed by atoms with Gasteiger partial charge in [-0.3, -0.25) is 0 Å². The number of nitrogens with zero attached hydrogens (tertiary/aromatic N) is 3. The smallest absolute Gasteiger partial charge is 0.375 e. The zero-order valence-electron chi connectivity index (χ0n) is 11.8. The first kappa shape index (κ1) is 14.7. The molecular formula is C14H16BrN3O2. The monoisotopic (exact) mass is 337 g/mol. The molecule has 0 aliphatic carbocycles. The lowest BCUT2D eigenvalue weighted by atomic mass is 9.95. The fraction of sp³-hybridized carbons (Fsp3) is 0.357. The molecule has 0 atom stereocenters. The van der Waals surface area contributed by atoms with E-state index >= 15 is 0 Å². The van der Waals surface area contributed by atoms with Gasteiger partial charge in [-0.1, -0.05) is 42.8 Å². The predicted molar refractivity (Wildman–Crippen MR) is 79.5 cm³/mol. The van der Waals surface area contributed by atoms with E-state index in [9.17, 15) is 4.79 Å². The molecule has 0 saturated carbocycles. The summed E-state index contributed by atoms with van der Waals surface area (Å²) in [5.74, 6) is -0.697. The van der Waals surface area contributed by atoms with E-state index in [0.29, 0.717) is 5.82 Å². The number of carboxylic acid groups (broad SMARTS) is 1. The van der Waals surface area contributed by atoms with Crippen molar-refractivity contribution in [2.75, 3.05) is 0 Å². The molecule has 2 aromatic rings. The van der Waals surface area contributed by atoms with Crippen LogP contribution in [0.4, 0.5) is 0 Å². The Morgan fingerprint density at radius 3 is 2.50 bits per heavy atom. The molecular weight excluding hydrogens is 322 g/mol. The summed E-state index contributed by atoms with van der Waals surface area (Å²) < 4.78 is 2.54. The van der Waals surface area contributed by atoms with Gasteiger partial charge in [-0.15, -0.1) is 5.10 Å². The lowest BCUT2D eigenvalue weighted by Crippen LogP contribution is -2.18. The van der Waals surface area contributed by atoms with Gasteiger partial charge in [-0.25, -0.2) is 14.5 Å². The van der Waals surface area contributed by atoms with Crippen molar-refractivity contribution >= 4 is 21.9 Å². The summed E-state index contributed by atoms with van der Waals surface area (Å²) in [4.78, 5) is 15.2. The molecule has 1 N–H and O–H groups in total. The first-order valence-electron chi connectivity index (χ1n) is 6.17. The van der Waals surface area contributed by atoms with Gasteiger partial charge < -0.3 is 5.11 Å². The number of carboxylic acids is 1. The Labute approximate surface area is 125 Å². The number of halogens is 1. The highest BCUT2D eigenvalue weighted by atomic mass is 79.9. The van der Waals surface area contributed by atoms with Crippen molar-refractivity contribution in [1.82, 2.24) is 14.8 Å². The number of hydrogen-bond acceptors (Lipinski definition) is 3. The number of aryl methyl sites for hydroxylation is 1.